The average Bonchev–Trinajstić information content (AvgIpc) is 3.02. The lowest BCUT2D eigenvalue weighted by molar-refractivity contribution is -0.578. The number of hydrogen-bond donors (Lipinski definition) is 0. The Kier molecular flexibility index (Phi) is 5.62. The van der Waals surface area contributed by atoms with E-state index in [1.54, 1.807) is 12.1 Å². The maximum Gasteiger partial charge on any atom is 0.337 e. The fraction of sp³-hybridized carbons (Fsp3) is 0.720. The molecule has 1 unspecified atom stereocenters. The van der Waals surface area contributed by atoms with Crippen molar-refractivity contribution in [2.24, 2.45) is 23.7 Å². The van der Waals surface area contributed by atoms with Gasteiger partial charge in [0.05, 0.1) is 18.8 Å². The van der Waals surface area contributed by atoms with Crippen molar-refractivity contribution < 1.29 is 33.5 Å². The molecule has 176 valence electrons. The predicted octanol–water partition coefficient (Wildman–Crippen LogP) is 4.76. The Labute approximate surface area is 189 Å². The minimum Gasteiger partial charge on any atom is -0.465 e. The highest BCUT2D eigenvalue weighted by molar-refractivity contribution is 5.89. The third-order valence-electron chi connectivity index (χ3n) is 8.24. The van der Waals surface area contributed by atoms with Gasteiger partial charge in [0, 0.05) is 18.3 Å². The Morgan fingerprint density at radius 3 is 2.56 bits per heavy atom. The molecule has 1 spiro atoms. The van der Waals surface area contributed by atoms with E-state index in [2.05, 4.69) is 13.8 Å². The van der Waals surface area contributed by atoms with E-state index in [-0.39, 0.29) is 23.9 Å². The first-order valence-corrected chi connectivity index (χ1v) is 11.8. The molecule has 1 saturated carbocycles. The summed E-state index contributed by atoms with van der Waals surface area (Å²) in [6.07, 6.45) is 2.84. The van der Waals surface area contributed by atoms with Crippen molar-refractivity contribution in [1.29, 1.82) is 0 Å². The predicted molar refractivity (Wildman–Crippen MR) is 114 cm³/mol. The number of esters is 1. The van der Waals surface area contributed by atoms with Crippen molar-refractivity contribution in [1.82, 2.24) is 0 Å². The van der Waals surface area contributed by atoms with Crippen LogP contribution in [0.5, 0.6) is 0 Å². The van der Waals surface area contributed by atoms with Crippen LogP contribution in [0.4, 0.5) is 0 Å². The van der Waals surface area contributed by atoms with Crippen LogP contribution in [0.3, 0.4) is 0 Å². The molecule has 5 fully saturated rings. The zero-order valence-corrected chi connectivity index (χ0v) is 19.5. The zero-order valence-electron chi connectivity index (χ0n) is 19.5. The van der Waals surface area contributed by atoms with Crippen molar-refractivity contribution in [2.45, 2.75) is 83.5 Å². The smallest absolute Gasteiger partial charge is 0.337 e. The lowest BCUT2D eigenvalue weighted by Crippen LogP contribution is -2.70. The fourth-order valence-electron chi connectivity index (χ4n) is 6.32. The van der Waals surface area contributed by atoms with E-state index < -0.39 is 24.0 Å². The topological polar surface area (TPSA) is 72.5 Å². The molecule has 4 saturated heterocycles. The summed E-state index contributed by atoms with van der Waals surface area (Å²) in [6, 6.07) is 7.31. The Morgan fingerprint density at radius 2 is 1.84 bits per heavy atom. The van der Waals surface area contributed by atoms with Gasteiger partial charge in [-0.15, -0.1) is 0 Å². The molecule has 1 aromatic carbocycles. The number of carbonyl (C=O) groups is 1. The summed E-state index contributed by atoms with van der Waals surface area (Å²) in [5, 5.41) is 0. The quantitative estimate of drug-likeness (QED) is 0.488. The summed E-state index contributed by atoms with van der Waals surface area (Å²) < 4.78 is 24.1. The van der Waals surface area contributed by atoms with Gasteiger partial charge in [-0.3, -0.25) is 0 Å². The standard InChI is InChI=1S/C25H34O7/c1-14-6-11-20-15(2)22(28-16(3)17-7-9-18(10-8-17)21(26)27-5)29-23-25(20)19(14)12-13-24(4,30-23)31-32-25/h7-10,14-16,19-20,22-23H,6,11-13H2,1-5H3/t14-,15-,16-,19+,20?,22+,23-,24-,25-/m1/s1. The summed E-state index contributed by atoms with van der Waals surface area (Å²) in [5.41, 5.74) is 0.903. The van der Waals surface area contributed by atoms with E-state index >= 15 is 0 Å². The molecule has 0 aromatic heterocycles. The second-order valence-corrected chi connectivity index (χ2v) is 10.2. The first kappa shape index (κ1) is 22.3. The lowest BCUT2D eigenvalue weighted by Gasteiger charge is -2.60. The number of carbonyl (C=O) groups excluding carboxylic acids is 1. The van der Waals surface area contributed by atoms with Crippen LogP contribution < -0.4 is 0 Å². The Balaban J connectivity index is 1.38. The summed E-state index contributed by atoms with van der Waals surface area (Å²) in [7, 11) is 1.38. The molecule has 0 radical (unpaired) electrons. The van der Waals surface area contributed by atoms with Crippen LogP contribution in [0.2, 0.25) is 0 Å². The first-order valence-electron chi connectivity index (χ1n) is 11.8. The van der Waals surface area contributed by atoms with Gasteiger partial charge in [-0.1, -0.05) is 26.0 Å². The maximum atomic E-state index is 11.7. The van der Waals surface area contributed by atoms with Gasteiger partial charge in [0.15, 0.2) is 18.2 Å². The van der Waals surface area contributed by atoms with Gasteiger partial charge in [-0.2, -0.15) is 0 Å². The van der Waals surface area contributed by atoms with Crippen molar-refractivity contribution >= 4 is 5.97 Å². The molecule has 9 atom stereocenters. The third-order valence-corrected chi connectivity index (χ3v) is 8.24. The summed E-state index contributed by atoms with van der Waals surface area (Å²) in [6.45, 7) is 8.42. The normalized spacial score (nSPS) is 43.8. The van der Waals surface area contributed by atoms with E-state index in [1.807, 2.05) is 26.0 Å². The molecule has 0 amide bonds. The molecular weight excluding hydrogens is 412 g/mol. The van der Waals surface area contributed by atoms with Gasteiger partial charge < -0.3 is 18.9 Å². The van der Waals surface area contributed by atoms with E-state index in [0.29, 0.717) is 17.4 Å². The van der Waals surface area contributed by atoms with Crippen LogP contribution in [-0.4, -0.2) is 37.0 Å². The van der Waals surface area contributed by atoms with Crippen molar-refractivity contribution in [2.75, 3.05) is 7.11 Å². The van der Waals surface area contributed by atoms with Gasteiger partial charge in [0.1, 0.15) is 0 Å². The molecule has 2 bridgehead atoms. The van der Waals surface area contributed by atoms with Crippen LogP contribution in [0.1, 0.15) is 75.4 Å². The number of fused-ring (bicyclic) bond motifs is 2. The van der Waals surface area contributed by atoms with Crippen LogP contribution >= 0.6 is 0 Å². The van der Waals surface area contributed by atoms with Gasteiger partial charge in [-0.25, -0.2) is 14.6 Å². The van der Waals surface area contributed by atoms with Crippen LogP contribution in [0, 0.1) is 23.7 Å². The second-order valence-electron chi connectivity index (χ2n) is 10.2. The molecular formula is C25H34O7. The highest BCUT2D eigenvalue weighted by atomic mass is 17.3. The third kappa shape index (κ3) is 3.41. The molecule has 7 heteroatoms. The van der Waals surface area contributed by atoms with Crippen LogP contribution in [0.25, 0.3) is 0 Å². The van der Waals surface area contributed by atoms with Gasteiger partial charge >= 0.3 is 5.97 Å². The summed E-state index contributed by atoms with van der Waals surface area (Å²) in [4.78, 5) is 23.8. The second kappa shape index (κ2) is 8.06. The highest BCUT2D eigenvalue weighted by Gasteiger charge is 2.69. The first-order chi connectivity index (χ1) is 15.3. The van der Waals surface area contributed by atoms with Crippen molar-refractivity contribution in [3.63, 3.8) is 0 Å². The molecule has 4 heterocycles. The molecule has 7 nitrogen and oxygen atoms in total. The van der Waals surface area contributed by atoms with Crippen LogP contribution in [0.15, 0.2) is 24.3 Å². The average molecular weight is 447 g/mol. The van der Waals surface area contributed by atoms with Crippen LogP contribution in [-0.2, 0) is 28.7 Å². The zero-order chi connectivity index (χ0) is 22.7. The Bertz CT molecular complexity index is 856. The van der Waals surface area contributed by atoms with Crippen molar-refractivity contribution in [3.8, 4) is 0 Å². The number of hydrogen-bond acceptors (Lipinski definition) is 7. The van der Waals surface area contributed by atoms with Crippen molar-refractivity contribution in [3.05, 3.63) is 35.4 Å². The van der Waals surface area contributed by atoms with E-state index in [0.717, 1.165) is 31.2 Å². The minimum atomic E-state index is -0.794. The molecule has 1 aromatic rings. The molecule has 0 N–H and O–H groups in total. The highest BCUT2D eigenvalue weighted by Crippen LogP contribution is 2.60. The lowest BCUT2D eigenvalue weighted by atomic mass is 9.58. The maximum absolute atomic E-state index is 11.7. The largest absolute Gasteiger partial charge is 0.465 e. The minimum absolute atomic E-state index is 0.118. The molecule has 4 aliphatic heterocycles. The number of ether oxygens (including phenoxy) is 4. The fourth-order valence-corrected chi connectivity index (χ4v) is 6.32. The summed E-state index contributed by atoms with van der Waals surface area (Å²) >= 11 is 0. The molecule has 6 rings (SSSR count). The van der Waals surface area contributed by atoms with E-state index in [4.69, 9.17) is 28.7 Å². The SMILES string of the molecule is COC(=O)c1ccc([C@@H](C)O[C@H]2O[C@@H]3O[C@@]4(C)CC[C@H]5[C@H](C)CCC([C@H]2C)[C@@]35OO4)cc1. The number of benzene rings is 1. The Morgan fingerprint density at radius 1 is 1.09 bits per heavy atom. The molecule has 5 aliphatic rings. The molecule has 1 aliphatic carbocycles. The monoisotopic (exact) mass is 446 g/mol. The molecule has 32 heavy (non-hydrogen) atoms. The summed E-state index contributed by atoms with van der Waals surface area (Å²) in [5.74, 6) is 0.0655. The number of rotatable bonds is 4. The van der Waals surface area contributed by atoms with Gasteiger partial charge in [0.2, 0.25) is 5.79 Å². The Hall–Kier alpha value is -1.51. The number of methoxy groups -OCH3 is 1. The van der Waals surface area contributed by atoms with Gasteiger partial charge in [0.25, 0.3) is 0 Å². The van der Waals surface area contributed by atoms with Gasteiger partial charge in [-0.05, 0) is 62.6 Å². The van der Waals surface area contributed by atoms with E-state index in [1.165, 1.54) is 7.11 Å². The van der Waals surface area contributed by atoms with E-state index in [9.17, 15) is 4.79 Å².